The molecule has 11 heteroatoms. The Kier molecular flexibility index (Phi) is 8.86. The summed E-state index contributed by atoms with van der Waals surface area (Å²) in [7, 11) is 2.10. The van der Waals surface area contributed by atoms with Crippen molar-refractivity contribution in [2.45, 2.75) is 0 Å². The molecular weight excluding hydrogens is 506 g/mol. The number of benzene rings is 2. The Labute approximate surface area is 220 Å². The molecule has 1 amide bonds. The molecule has 1 aliphatic heterocycles. The van der Waals surface area contributed by atoms with E-state index in [4.69, 9.17) is 10.2 Å². The van der Waals surface area contributed by atoms with Crippen molar-refractivity contribution in [1.29, 1.82) is 0 Å². The highest BCUT2D eigenvalue weighted by Crippen LogP contribution is 2.43. The van der Waals surface area contributed by atoms with Crippen LogP contribution in [-0.2, 0) is 4.79 Å². The smallest absolute Gasteiger partial charge is 0.238 e. The van der Waals surface area contributed by atoms with Crippen molar-refractivity contribution in [3.05, 3.63) is 60.7 Å². The van der Waals surface area contributed by atoms with Crippen LogP contribution in [0.2, 0.25) is 0 Å². The zero-order valence-corrected chi connectivity index (χ0v) is 21.2. The number of hydrogen-bond acceptors (Lipinski definition) is 7. The van der Waals surface area contributed by atoms with Crippen LogP contribution in [0, 0.1) is 5.82 Å². The van der Waals surface area contributed by atoms with Crippen molar-refractivity contribution >= 4 is 53.3 Å². The van der Waals surface area contributed by atoms with Crippen LogP contribution in [0.4, 0.5) is 15.9 Å². The molecule has 3 heterocycles. The van der Waals surface area contributed by atoms with Crippen molar-refractivity contribution in [2.75, 3.05) is 50.0 Å². The summed E-state index contributed by atoms with van der Waals surface area (Å²) in [5.74, 6) is 0.831. The highest BCUT2D eigenvalue weighted by Gasteiger charge is 2.26. The zero-order valence-electron chi connectivity index (χ0n) is 19.6. The van der Waals surface area contributed by atoms with Crippen molar-refractivity contribution in [3.63, 3.8) is 0 Å². The predicted octanol–water partition coefficient (Wildman–Crippen LogP) is 4.19. The van der Waals surface area contributed by atoms with Crippen LogP contribution in [0.1, 0.15) is 0 Å². The van der Waals surface area contributed by atoms with Gasteiger partial charge >= 0.3 is 0 Å². The SMILES string of the molecule is CN1CCN(c2ncnc3oc(-c4ccc(NC(=O)CN)cc4)c(-c4ccc(F)cc4)c23)CC1.Cl.Cl. The molecule has 190 valence electrons. The van der Waals surface area contributed by atoms with Gasteiger partial charge in [0.2, 0.25) is 11.6 Å². The molecule has 2 aromatic carbocycles. The molecule has 8 nitrogen and oxygen atoms in total. The van der Waals surface area contributed by atoms with Gasteiger partial charge in [0.1, 0.15) is 23.7 Å². The first-order chi connectivity index (χ1) is 16.5. The van der Waals surface area contributed by atoms with E-state index in [1.807, 2.05) is 12.1 Å². The number of nitrogens with two attached hydrogens (primary N) is 1. The highest BCUT2D eigenvalue weighted by molar-refractivity contribution is 6.06. The Morgan fingerprint density at radius 2 is 1.64 bits per heavy atom. The second kappa shape index (κ2) is 11.7. The van der Waals surface area contributed by atoms with Gasteiger partial charge in [0, 0.05) is 43.0 Å². The maximum Gasteiger partial charge on any atom is 0.238 e. The van der Waals surface area contributed by atoms with Crippen molar-refractivity contribution < 1.29 is 13.6 Å². The van der Waals surface area contributed by atoms with E-state index in [0.717, 1.165) is 54.1 Å². The van der Waals surface area contributed by atoms with Crippen molar-refractivity contribution in [2.24, 2.45) is 5.73 Å². The van der Waals surface area contributed by atoms with Gasteiger partial charge in [-0.25, -0.2) is 14.4 Å². The maximum absolute atomic E-state index is 13.7. The second-order valence-electron chi connectivity index (χ2n) is 8.31. The van der Waals surface area contributed by atoms with Crippen LogP contribution < -0.4 is 16.0 Å². The molecule has 1 aliphatic rings. The molecule has 4 aromatic rings. The lowest BCUT2D eigenvalue weighted by atomic mass is 9.99. The average Bonchev–Trinajstić information content (AvgIpc) is 3.25. The van der Waals surface area contributed by atoms with Crippen LogP contribution in [0.15, 0.2) is 59.3 Å². The van der Waals surface area contributed by atoms with Gasteiger partial charge in [-0.15, -0.1) is 24.8 Å². The molecule has 1 fully saturated rings. The maximum atomic E-state index is 13.7. The van der Waals surface area contributed by atoms with Crippen LogP contribution in [0.3, 0.4) is 0 Å². The number of piperazine rings is 1. The van der Waals surface area contributed by atoms with E-state index in [-0.39, 0.29) is 43.1 Å². The average molecular weight is 533 g/mol. The number of rotatable bonds is 5. The Balaban J connectivity index is 0.00000180. The van der Waals surface area contributed by atoms with Crippen LogP contribution in [0.5, 0.6) is 0 Å². The molecule has 0 atom stereocenters. The summed E-state index contributed by atoms with van der Waals surface area (Å²) in [5.41, 5.74) is 8.91. The fourth-order valence-corrected chi connectivity index (χ4v) is 4.19. The van der Waals surface area contributed by atoms with Gasteiger partial charge in [-0.1, -0.05) is 12.1 Å². The standard InChI is InChI=1S/C25H25FN6O2.2ClH/c1-31-10-12-32(13-11-31)24-22-21(16-2-6-18(26)7-3-16)23(34-25(22)29-15-28-24)17-4-8-19(9-5-17)30-20(33)14-27;;/h2-9,15H,10-14,27H2,1H3,(H,30,33);2*1H. The number of amides is 1. The number of fused-ring (bicyclic) bond motifs is 1. The van der Waals surface area contributed by atoms with Gasteiger partial charge in [0.05, 0.1) is 11.9 Å². The van der Waals surface area contributed by atoms with Crippen LogP contribution >= 0.6 is 24.8 Å². The molecule has 0 aliphatic carbocycles. The second-order valence-corrected chi connectivity index (χ2v) is 8.31. The van der Waals surface area contributed by atoms with Crippen LogP contribution in [0.25, 0.3) is 33.6 Å². The van der Waals surface area contributed by atoms with E-state index in [1.54, 1.807) is 24.3 Å². The number of likely N-dealkylation sites (N-methyl/N-ethyl adjacent to an activating group) is 1. The zero-order chi connectivity index (χ0) is 23.7. The van der Waals surface area contributed by atoms with E-state index < -0.39 is 0 Å². The number of halogens is 3. The van der Waals surface area contributed by atoms with E-state index >= 15 is 0 Å². The van der Waals surface area contributed by atoms with Crippen molar-refractivity contribution in [1.82, 2.24) is 14.9 Å². The summed E-state index contributed by atoms with van der Waals surface area (Å²) >= 11 is 0. The third-order valence-electron chi connectivity index (χ3n) is 6.02. The fourth-order valence-electron chi connectivity index (χ4n) is 4.19. The predicted molar refractivity (Wildman–Crippen MR) is 145 cm³/mol. The molecule has 0 saturated carbocycles. The first-order valence-electron chi connectivity index (χ1n) is 11.1. The summed E-state index contributed by atoms with van der Waals surface area (Å²) in [4.78, 5) is 25.2. The molecule has 2 aromatic heterocycles. The Bertz CT molecular complexity index is 1320. The Morgan fingerprint density at radius 3 is 2.28 bits per heavy atom. The van der Waals surface area contributed by atoms with Gasteiger partial charge in [-0.05, 0) is 49.0 Å². The van der Waals surface area contributed by atoms with E-state index in [2.05, 4.69) is 32.1 Å². The number of hydrogen-bond donors (Lipinski definition) is 2. The number of carbonyl (C=O) groups excluding carboxylic acids is 1. The molecule has 1 saturated heterocycles. The third-order valence-corrected chi connectivity index (χ3v) is 6.02. The first-order valence-corrected chi connectivity index (χ1v) is 11.1. The molecule has 0 spiro atoms. The van der Waals surface area contributed by atoms with Gasteiger partial charge in [-0.2, -0.15) is 0 Å². The monoisotopic (exact) mass is 532 g/mol. The van der Waals surface area contributed by atoms with E-state index in [1.165, 1.54) is 18.5 Å². The number of furan rings is 1. The molecule has 0 bridgehead atoms. The van der Waals surface area contributed by atoms with E-state index in [0.29, 0.717) is 17.2 Å². The molecular formula is C25H27Cl2FN6O2. The van der Waals surface area contributed by atoms with E-state index in [9.17, 15) is 9.18 Å². The fraction of sp³-hybridized carbons (Fsp3) is 0.240. The van der Waals surface area contributed by atoms with Crippen molar-refractivity contribution in [3.8, 4) is 22.5 Å². The Hall–Kier alpha value is -3.24. The summed E-state index contributed by atoms with van der Waals surface area (Å²) < 4.78 is 20.0. The molecule has 3 N–H and O–H groups in total. The quantitative estimate of drug-likeness (QED) is 0.397. The molecule has 5 rings (SSSR count). The van der Waals surface area contributed by atoms with Gasteiger partial charge in [0.25, 0.3) is 0 Å². The largest absolute Gasteiger partial charge is 0.437 e. The molecule has 0 unspecified atom stereocenters. The summed E-state index contributed by atoms with van der Waals surface area (Å²) in [6.45, 7) is 3.44. The lowest BCUT2D eigenvalue weighted by Crippen LogP contribution is -2.44. The molecule has 0 radical (unpaired) electrons. The van der Waals surface area contributed by atoms with Gasteiger partial charge < -0.3 is 25.3 Å². The van der Waals surface area contributed by atoms with Crippen LogP contribution in [-0.4, -0.2) is 60.5 Å². The lowest BCUT2D eigenvalue weighted by Gasteiger charge is -2.33. The highest BCUT2D eigenvalue weighted by atomic mass is 35.5. The third kappa shape index (κ3) is 5.44. The normalized spacial score (nSPS) is 13.7. The minimum Gasteiger partial charge on any atom is -0.437 e. The number of anilines is 2. The van der Waals surface area contributed by atoms with Gasteiger partial charge in [-0.3, -0.25) is 4.79 Å². The summed E-state index contributed by atoms with van der Waals surface area (Å²) in [5, 5.41) is 3.54. The van der Waals surface area contributed by atoms with Gasteiger partial charge in [0.15, 0.2) is 0 Å². The minimum absolute atomic E-state index is 0. The number of nitrogens with one attached hydrogen (secondary N) is 1. The Morgan fingerprint density at radius 1 is 1.00 bits per heavy atom. The molecule has 36 heavy (non-hydrogen) atoms. The number of carbonyl (C=O) groups is 1. The number of nitrogens with zero attached hydrogens (tertiary/aromatic N) is 4. The minimum atomic E-state index is -0.311. The first kappa shape index (κ1) is 27.3. The lowest BCUT2D eigenvalue weighted by molar-refractivity contribution is -0.114. The summed E-state index contributed by atoms with van der Waals surface area (Å²) in [6.07, 6.45) is 1.52. The topological polar surface area (TPSA) is 101 Å². The summed E-state index contributed by atoms with van der Waals surface area (Å²) in [6, 6.07) is 13.6. The number of aromatic nitrogens is 2.